The van der Waals surface area contributed by atoms with E-state index in [9.17, 15) is 4.79 Å². The van der Waals surface area contributed by atoms with Gasteiger partial charge in [-0.05, 0) is 6.07 Å². The summed E-state index contributed by atoms with van der Waals surface area (Å²) in [4.78, 5) is 11.6. The van der Waals surface area contributed by atoms with Crippen molar-refractivity contribution in [2.24, 2.45) is 7.05 Å². The molecule has 0 atom stereocenters. The van der Waals surface area contributed by atoms with E-state index in [1.165, 1.54) is 0 Å². The monoisotopic (exact) mass is 200 g/mol. The van der Waals surface area contributed by atoms with Crippen LogP contribution in [0.3, 0.4) is 0 Å². The number of aromatic nitrogens is 2. The first kappa shape index (κ1) is 8.23. The van der Waals surface area contributed by atoms with Gasteiger partial charge in [-0.25, -0.2) is 4.79 Å². The molecule has 74 valence electrons. The van der Waals surface area contributed by atoms with Gasteiger partial charge in [0, 0.05) is 12.4 Å². The third kappa shape index (κ3) is 1.01. The van der Waals surface area contributed by atoms with Gasteiger partial charge in [0.05, 0.1) is 11.6 Å². The predicted octanol–water partition coefficient (Wildman–Crippen LogP) is 1.68. The van der Waals surface area contributed by atoms with Gasteiger partial charge in [-0.3, -0.25) is 4.68 Å². The minimum absolute atomic E-state index is 0.314. The summed E-state index contributed by atoms with van der Waals surface area (Å²) in [6.45, 7) is 0. The molecular weight excluding hydrogens is 192 g/mol. The summed E-state index contributed by atoms with van der Waals surface area (Å²) in [5.41, 5.74) is 1.07. The highest BCUT2D eigenvalue weighted by Gasteiger charge is 2.09. The van der Waals surface area contributed by atoms with Crippen LogP contribution in [0, 0.1) is 0 Å². The molecule has 0 N–H and O–H groups in total. The van der Waals surface area contributed by atoms with Gasteiger partial charge in [0.15, 0.2) is 5.58 Å². The average Bonchev–Trinajstić information content (AvgIpc) is 2.61. The summed E-state index contributed by atoms with van der Waals surface area (Å²) in [6.07, 6.45) is 1.56. The summed E-state index contributed by atoms with van der Waals surface area (Å²) in [7, 11) is 1.83. The zero-order chi connectivity index (χ0) is 10.4. The number of aryl methyl sites for hydroxylation is 1. The Hall–Kier alpha value is -2.10. The second-order valence-electron chi connectivity index (χ2n) is 3.42. The Labute approximate surface area is 84.7 Å². The van der Waals surface area contributed by atoms with E-state index in [0.29, 0.717) is 11.0 Å². The van der Waals surface area contributed by atoms with Crippen LogP contribution in [0.1, 0.15) is 0 Å². The van der Waals surface area contributed by atoms with E-state index >= 15 is 0 Å². The fourth-order valence-corrected chi connectivity index (χ4v) is 1.82. The fraction of sp³-hybridized carbons (Fsp3) is 0.0909. The maximum absolute atomic E-state index is 11.6. The Morgan fingerprint density at radius 3 is 2.80 bits per heavy atom. The van der Waals surface area contributed by atoms with Crippen LogP contribution in [0.5, 0.6) is 0 Å². The summed E-state index contributed by atoms with van der Waals surface area (Å²) < 4.78 is 6.87. The van der Waals surface area contributed by atoms with Crippen molar-refractivity contribution >= 4 is 21.9 Å². The van der Waals surface area contributed by atoms with Gasteiger partial charge in [-0.2, -0.15) is 5.10 Å². The van der Waals surface area contributed by atoms with Gasteiger partial charge in [0.2, 0.25) is 0 Å². The molecular formula is C11H8N2O2. The largest absolute Gasteiger partial charge is 0.419 e. The normalized spacial score (nSPS) is 11.3. The van der Waals surface area contributed by atoms with Crippen LogP contribution in [-0.4, -0.2) is 9.78 Å². The predicted molar refractivity (Wildman–Crippen MR) is 56.8 cm³/mol. The quantitative estimate of drug-likeness (QED) is 0.554. The molecule has 0 radical (unpaired) electrons. The average molecular weight is 200 g/mol. The molecule has 3 aromatic rings. The van der Waals surface area contributed by atoms with Crippen molar-refractivity contribution in [3.8, 4) is 0 Å². The third-order valence-electron chi connectivity index (χ3n) is 2.51. The van der Waals surface area contributed by atoms with Crippen molar-refractivity contribution in [3.63, 3.8) is 0 Å². The summed E-state index contributed by atoms with van der Waals surface area (Å²) in [6, 6.07) is 7.37. The number of hydrogen-bond acceptors (Lipinski definition) is 3. The van der Waals surface area contributed by atoms with Crippen molar-refractivity contribution in [2.45, 2.75) is 0 Å². The van der Waals surface area contributed by atoms with E-state index in [-0.39, 0.29) is 5.63 Å². The lowest BCUT2D eigenvalue weighted by molar-refractivity contribution is 0.569. The molecule has 0 unspecified atom stereocenters. The molecule has 0 aliphatic carbocycles. The zero-order valence-electron chi connectivity index (χ0n) is 8.10. The third-order valence-corrected chi connectivity index (χ3v) is 2.51. The standard InChI is InChI=1S/C11H8N2O2/c1-13-10-7-4-2-3-5-8(7)11(14)15-9(10)6-12-13/h2-6H,1H3. The Kier molecular flexibility index (Phi) is 1.48. The molecule has 15 heavy (non-hydrogen) atoms. The van der Waals surface area contributed by atoms with Crippen molar-refractivity contribution in [1.29, 1.82) is 0 Å². The molecule has 2 aromatic heterocycles. The lowest BCUT2D eigenvalue weighted by atomic mass is 10.1. The Balaban J connectivity index is 2.74. The van der Waals surface area contributed by atoms with E-state index in [0.717, 1.165) is 10.9 Å². The Morgan fingerprint density at radius 2 is 2.00 bits per heavy atom. The van der Waals surface area contributed by atoms with E-state index in [4.69, 9.17) is 4.42 Å². The van der Waals surface area contributed by atoms with Gasteiger partial charge in [-0.1, -0.05) is 18.2 Å². The van der Waals surface area contributed by atoms with Gasteiger partial charge in [-0.15, -0.1) is 0 Å². The van der Waals surface area contributed by atoms with Crippen molar-refractivity contribution in [1.82, 2.24) is 9.78 Å². The minimum Gasteiger partial charge on any atom is -0.419 e. The number of hydrogen-bond donors (Lipinski definition) is 0. The maximum atomic E-state index is 11.6. The highest BCUT2D eigenvalue weighted by atomic mass is 16.4. The first-order valence-electron chi connectivity index (χ1n) is 4.61. The molecule has 0 fully saturated rings. The molecule has 0 bridgehead atoms. The van der Waals surface area contributed by atoms with E-state index in [2.05, 4.69) is 5.10 Å². The molecule has 0 saturated carbocycles. The van der Waals surface area contributed by atoms with Crippen LogP contribution in [0.15, 0.2) is 39.7 Å². The van der Waals surface area contributed by atoms with Crippen molar-refractivity contribution < 1.29 is 4.42 Å². The molecule has 0 aliphatic rings. The second-order valence-corrected chi connectivity index (χ2v) is 3.42. The molecule has 2 heterocycles. The Bertz CT molecular complexity index is 709. The zero-order valence-corrected chi connectivity index (χ0v) is 8.10. The maximum Gasteiger partial charge on any atom is 0.344 e. The smallest absolute Gasteiger partial charge is 0.344 e. The second kappa shape index (κ2) is 2.70. The summed E-state index contributed by atoms with van der Waals surface area (Å²) in [5.74, 6) is 0. The number of benzene rings is 1. The number of fused-ring (bicyclic) bond motifs is 3. The van der Waals surface area contributed by atoms with E-state index in [1.54, 1.807) is 16.9 Å². The molecule has 0 amide bonds. The lowest BCUT2D eigenvalue weighted by Crippen LogP contribution is -2.00. The lowest BCUT2D eigenvalue weighted by Gasteiger charge is -1.99. The highest BCUT2D eigenvalue weighted by molar-refractivity contribution is 6.01. The first-order chi connectivity index (χ1) is 7.27. The first-order valence-corrected chi connectivity index (χ1v) is 4.61. The van der Waals surface area contributed by atoms with Crippen LogP contribution in [0.25, 0.3) is 21.9 Å². The van der Waals surface area contributed by atoms with Crippen LogP contribution in [-0.2, 0) is 7.05 Å². The highest BCUT2D eigenvalue weighted by Crippen LogP contribution is 2.21. The molecule has 3 rings (SSSR count). The molecule has 4 nitrogen and oxygen atoms in total. The van der Waals surface area contributed by atoms with Crippen LogP contribution in [0.2, 0.25) is 0 Å². The SMILES string of the molecule is Cn1ncc2oc(=O)c3ccccc3c21. The molecule has 0 aliphatic heterocycles. The fourth-order valence-electron chi connectivity index (χ4n) is 1.82. The van der Waals surface area contributed by atoms with Crippen LogP contribution < -0.4 is 5.63 Å². The van der Waals surface area contributed by atoms with Crippen molar-refractivity contribution in [2.75, 3.05) is 0 Å². The van der Waals surface area contributed by atoms with E-state index in [1.807, 2.05) is 25.2 Å². The molecule has 1 aromatic carbocycles. The van der Waals surface area contributed by atoms with Gasteiger partial charge in [0.25, 0.3) is 0 Å². The molecule has 0 saturated heterocycles. The molecule has 0 spiro atoms. The van der Waals surface area contributed by atoms with Gasteiger partial charge < -0.3 is 4.42 Å². The topological polar surface area (TPSA) is 48.0 Å². The van der Waals surface area contributed by atoms with Crippen LogP contribution >= 0.6 is 0 Å². The minimum atomic E-state index is -0.314. The van der Waals surface area contributed by atoms with E-state index < -0.39 is 0 Å². The summed E-state index contributed by atoms with van der Waals surface area (Å²) in [5, 5.41) is 5.54. The number of nitrogens with zero attached hydrogens (tertiary/aromatic N) is 2. The van der Waals surface area contributed by atoms with Crippen molar-refractivity contribution in [3.05, 3.63) is 40.9 Å². The number of rotatable bonds is 0. The van der Waals surface area contributed by atoms with Crippen LogP contribution in [0.4, 0.5) is 0 Å². The summed E-state index contributed by atoms with van der Waals surface area (Å²) >= 11 is 0. The van der Waals surface area contributed by atoms with Gasteiger partial charge in [0.1, 0.15) is 5.52 Å². The molecule has 4 heteroatoms. The van der Waals surface area contributed by atoms with Gasteiger partial charge >= 0.3 is 5.63 Å². The Morgan fingerprint density at radius 1 is 1.27 bits per heavy atom.